The van der Waals surface area contributed by atoms with Gasteiger partial charge in [0.05, 0.1) is 0 Å². The number of hydrogen-bond acceptors (Lipinski definition) is 2. The number of amides is 2. The third kappa shape index (κ3) is 2.62. The summed E-state index contributed by atoms with van der Waals surface area (Å²) in [5, 5.41) is 2.48. The van der Waals surface area contributed by atoms with Gasteiger partial charge in [0.2, 0.25) is 11.8 Å². The van der Waals surface area contributed by atoms with Crippen LogP contribution in [0.25, 0.3) is 0 Å². The number of hydrogen-bond donors (Lipinski definition) is 1. The van der Waals surface area contributed by atoms with Gasteiger partial charge in [-0.15, -0.1) is 0 Å². The highest BCUT2D eigenvalue weighted by molar-refractivity contribution is 5.99. The van der Waals surface area contributed by atoms with Gasteiger partial charge in [0.15, 0.2) is 0 Å². The molecule has 1 saturated carbocycles. The summed E-state index contributed by atoms with van der Waals surface area (Å²) < 4.78 is 0. The molecule has 1 aromatic carbocycles. The molecule has 0 radical (unpaired) electrons. The SMILES string of the molecule is CCCC1C(=O)NC(=O)CC1c1ccc(C2CC2)cc1. The predicted octanol–water partition coefficient (Wildman–Crippen LogP) is 3.11. The highest BCUT2D eigenvalue weighted by Crippen LogP contribution is 2.41. The van der Waals surface area contributed by atoms with Crippen LogP contribution >= 0.6 is 0 Å². The molecule has 0 aromatic heterocycles. The van der Waals surface area contributed by atoms with E-state index >= 15 is 0 Å². The summed E-state index contributed by atoms with van der Waals surface area (Å²) in [4.78, 5) is 23.7. The fourth-order valence-electron chi connectivity index (χ4n) is 3.23. The summed E-state index contributed by atoms with van der Waals surface area (Å²) in [6.07, 6.45) is 4.82. The minimum atomic E-state index is -0.140. The molecule has 0 spiro atoms. The van der Waals surface area contributed by atoms with E-state index in [9.17, 15) is 9.59 Å². The van der Waals surface area contributed by atoms with Gasteiger partial charge in [0, 0.05) is 18.3 Å². The van der Waals surface area contributed by atoms with E-state index in [0.717, 1.165) is 24.3 Å². The number of carbonyl (C=O) groups is 2. The Morgan fingerprint density at radius 1 is 1.10 bits per heavy atom. The molecule has 1 aliphatic carbocycles. The molecular weight excluding hydrogens is 250 g/mol. The molecule has 20 heavy (non-hydrogen) atoms. The summed E-state index contributed by atoms with van der Waals surface area (Å²) in [7, 11) is 0. The predicted molar refractivity (Wildman–Crippen MR) is 77.3 cm³/mol. The quantitative estimate of drug-likeness (QED) is 0.855. The van der Waals surface area contributed by atoms with Crippen LogP contribution in [-0.4, -0.2) is 11.8 Å². The van der Waals surface area contributed by atoms with E-state index in [1.807, 2.05) is 0 Å². The van der Waals surface area contributed by atoms with E-state index in [2.05, 4.69) is 36.5 Å². The molecule has 3 heteroatoms. The molecule has 1 aliphatic heterocycles. The topological polar surface area (TPSA) is 46.2 Å². The van der Waals surface area contributed by atoms with E-state index in [4.69, 9.17) is 0 Å². The summed E-state index contributed by atoms with van der Waals surface area (Å²) in [5.74, 6) is 0.485. The number of piperidine rings is 1. The molecule has 1 N–H and O–H groups in total. The van der Waals surface area contributed by atoms with Gasteiger partial charge >= 0.3 is 0 Å². The van der Waals surface area contributed by atoms with Crippen LogP contribution in [0.5, 0.6) is 0 Å². The van der Waals surface area contributed by atoms with Gasteiger partial charge in [-0.25, -0.2) is 0 Å². The van der Waals surface area contributed by atoms with E-state index < -0.39 is 0 Å². The van der Waals surface area contributed by atoms with Crippen LogP contribution in [-0.2, 0) is 9.59 Å². The fourth-order valence-corrected chi connectivity index (χ4v) is 3.23. The Labute approximate surface area is 119 Å². The maximum absolute atomic E-state index is 12.0. The normalized spacial score (nSPS) is 26.4. The van der Waals surface area contributed by atoms with Crippen LogP contribution in [0.1, 0.15) is 62.0 Å². The van der Waals surface area contributed by atoms with Crippen LogP contribution in [0.4, 0.5) is 0 Å². The summed E-state index contributed by atoms with van der Waals surface area (Å²) >= 11 is 0. The van der Waals surface area contributed by atoms with Crippen LogP contribution in [0, 0.1) is 5.92 Å². The number of benzene rings is 1. The Morgan fingerprint density at radius 2 is 1.75 bits per heavy atom. The average Bonchev–Trinajstić information content (AvgIpc) is 3.26. The first-order valence-electron chi connectivity index (χ1n) is 7.62. The van der Waals surface area contributed by atoms with Gasteiger partial charge in [0.1, 0.15) is 0 Å². The zero-order valence-corrected chi connectivity index (χ0v) is 11.9. The van der Waals surface area contributed by atoms with Gasteiger partial charge in [-0.3, -0.25) is 14.9 Å². The first kappa shape index (κ1) is 13.3. The van der Waals surface area contributed by atoms with Gasteiger partial charge in [0.25, 0.3) is 0 Å². The number of carbonyl (C=O) groups excluding carboxylic acids is 2. The maximum atomic E-state index is 12.0. The summed E-state index contributed by atoms with van der Waals surface area (Å²) in [6.45, 7) is 2.08. The second-order valence-electron chi connectivity index (χ2n) is 6.06. The van der Waals surface area contributed by atoms with Gasteiger partial charge in [-0.05, 0) is 36.3 Å². The Balaban J connectivity index is 1.83. The second kappa shape index (κ2) is 5.39. The second-order valence-corrected chi connectivity index (χ2v) is 6.06. The average molecular weight is 271 g/mol. The van der Waals surface area contributed by atoms with Gasteiger partial charge in [-0.1, -0.05) is 37.6 Å². The molecule has 0 bridgehead atoms. The van der Waals surface area contributed by atoms with E-state index in [1.54, 1.807) is 0 Å². The molecule has 3 rings (SSSR count). The van der Waals surface area contributed by atoms with Crippen molar-refractivity contribution in [3.8, 4) is 0 Å². The lowest BCUT2D eigenvalue weighted by Gasteiger charge is -2.30. The molecular formula is C17H21NO2. The smallest absolute Gasteiger partial charge is 0.230 e. The molecule has 1 aromatic rings. The van der Waals surface area contributed by atoms with Crippen molar-refractivity contribution in [1.29, 1.82) is 0 Å². The van der Waals surface area contributed by atoms with Crippen LogP contribution in [0.3, 0.4) is 0 Å². The van der Waals surface area contributed by atoms with Crippen molar-refractivity contribution in [2.24, 2.45) is 5.92 Å². The minimum absolute atomic E-state index is 0.0458. The summed E-state index contributed by atoms with van der Waals surface area (Å²) in [6, 6.07) is 8.58. The molecule has 2 fully saturated rings. The lowest BCUT2D eigenvalue weighted by atomic mass is 9.78. The molecule has 2 aliphatic rings. The van der Waals surface area contributed by atoms with Crippen LogP contribution < -0.4 is 5.32 Å². The zero-order valence-electron chi connectivity index (χ0n) is 11.9. The zero-order chi connectivity index (χ0) is 14.1. The molecule has 1 saturated heterocycles. The third-order valence-corrected chi connectivity index (χ3v) is 4.50. The van der Waals surface area contributed by atoms with Crippen molar-refractivity contribution in [2.75, 3.05) is 0 Å². The summed E-state index contributed by atoms with van der Waals surface area (Å²) in [5.41, 5.74) is 2.53. The Morgan fingerprint density at radius 3 is 2.35 bits per heavy atom. The molecule has 2 atom stereocenters. The maximum Gasteiger partial charge on any atom is 0.230 e. The number of nitrogens with one attached hydrogen (secondary N) is 1. The van der Waals surface area contributed by atoms with Crippen molar-refractivity contribution >= 4 is 11.8 Å². The van der Waals surface area contributed by atoms with Crippen molar-refractivity contribution in [3.63, 3.8) is 0 Å². The standard InChI is InChI=1S/C17H21NO2/c1-2-3-14-15(10-16(19)18-17(14)20)13-8-6-12(7-9-13)11-4-5-11/h6-9,11,14-15H,2-5,10H2,1H3,(H,18,19,20). The van der Waals surface area contributed by atoms with Crippen molar-refractivity contribution < 1.29 is 9.59 Å². The Bertz CT molecular complexity index is 516. The molecule has 106 valence electrons. The van der Waals surface area contributed by atoms with E-state index in [1.165, 1.54) is 18.4 Å². The Hall–Kier alpha value is -1.64. The fraction of sp³-hybridized carbons (Fsp3) is 0.529. The highest BCUT2D eigenvalue weighted by atomic mass is 16.2. The molecule has 2 amide bonds. The molecule has 1 heterocycles. The lowest BCUT2D eigenvalue weighted by Crippen LogP contribution is -2.44. The first-order valence-corrected chi connectivity index (χ1v) is 7.62. The van der Waals surface area contributed by atoms with Crippen molar-refractivity contribution in [1.82, 2.24) is 5.32 Å². The largest absolute Gasteiger partial charge is 0.296 e. The van der Waals surface area contributed by atoms with E-state index in [0.29, 0.717) is 6.42 Å². The molecule has 3 nitrogen and oxygen atoms in total. The van der Waals surface area contributed by atoms with Crippen molar-refractivity contribution in [2.45, 2.75) is 50.9 Å². The minimum Gasteiger partial charge on any atom is -0.296 e. The van der Waals surface area contributed by atoms with Gasteiger partial charge < -0.3 is 0 Å². The number of rotatable bonds is 4. The number of imide groups is 1. The molecule has 2 unspecified atom stereocenters. The third-order valence-electron chi connectivity index (χ3n) is 4.50. The monoisotopic (exact) mass is 271 g/mol. The van der Waals surface area contributed by atoms with Crippen LogP contribution in [0.15, 0.2) is 24.3 Å². The highest BCUT2D eigenvalue weighted by Gasteiger charge is 2.36. The van der Waals surface area contributed by atoms with Gasteiger partial charge in [-0.2, -0.15) is 0 Å². The Kier molecular flexibility index (Phi) is 3.60. The van der Waals surface area contributed by atoms with Crippen molar-refractivity contribution in [3.05, 3.63) is 35.4 Å². The van der Waals surface area contributed by atoms with Crippen LogP contribution in [0.2, 0.25) is 0 Å². The lowest BCUT2D eigenvalue weighted by molar-refractivity contribution is -0.137. The van der Waals surface area contributed by atoms with E-state index in [-0.39, 0.29) is 23.7 Å². The first-order chi connectivity index (χ1) is 9.69.